The standard InChI is InChI=1S/C11H26O3SSi2/c1-8-15-11(9-10-16(5,6)7)17(12-2,13-3)14-4/h8,11H,1,9-10H2,2-7H3. The van der Waals surface area contributed by atoms with Gasteiger partial charge < -0.3 is 13.3 Å². The van der Waals surface area contributed by atoms with Crippen molar-refractivity contribution in [2.24, 2.45) is 0 Å². The van der Waals surface area contributed by atoms with Gasteiger partial charge in [-0.1, -0.05) is 32.3 Å². The molecule has 0 fully saturated rings. The van der Waals surface area contributed by atoms with Gasteiger partial charge in [-0.05, 0) is 11.8 Å². The van der Waals surface area contributed by atoms with Crippen molar-refractivity contribution in [1.82, 2.24) is 0 Å². The molecule has 0 aliphatic rings. The number of hydrogen-bond acceptors (Lipinski definition) is 4. The fourth-order valence-electron chi connectivity index (χ4n) is 1.65. The number of rotatable bonds is 9. The Morgan fingerprint density at radius 2 is 1.59 bits per heavy atom. The lowest BCUT2D eigenvalue weighted by Crippen LogP contribution is -2.53. The summed E-state index contributed by atoms with van der Waals surface area (Å²) in [5, 5.41) is 1.85. The third-order valence-corrected chi connectivity index (χ3v) is 9.27. The molecule has 0 saturated heterocycles. The predicted octanol–water partition coefficient (Wildman–Crippen LogP) is 3.38. The summed E-state index contributed by atoms with van der Waals surface area (Å²) in [6.45, 7) is 10.9. The van der Waals surface area contributed by atoms with Gasteiger partial charge in [-0.3, -0.25) is 0 Å². The third kappa shape index (κ3) is 5.71. The van der Waals surface area contributed by atoms with E-state index in [-0.39, 0.29) is 4.87 Å². The van der Waals surface area contributed by atoms with Crippen LogP contribution in [0.15, 0.2) is 12.0 Å². The van der Waals surface area contributed by atoms with Crippen molar-refractivity contribution in [3.8, 4) is 0 Å². The van der Waals surface area contributed by atoms with Gasteiger partial charge in [0.25, 0.3) is 0 Å². The lowest BCUT2D eigenvalue weighted by atomic mass is 10.6. The molecule has 102 valence electrons. The Bertz CT molecular complexity index is 219. The van der Waals surface area contributed by atoms with Crippen molar-refractivity contribution >= 4 is 28.6 Å². The summed E-state index contributed by atoms with van der Waals surface area (Å²) >= 11 is 1.67. The summed E-state index contributed by atoms with van der Waals surface area (Å²) in [5.41, 5.74) is 0. The number of hydrogen-bond donors (Lipinski definition) is 0. The van der Waals surface area contributed by atoms with Crippen LogP contribution in [0.3, 0.4) is 0 Å². The molecule has 1 unspecified atom stereocenters. The highest BCUT2D eigenvalue weighted by molar-refractivity contribution is 8.04. The second-order valence-corrected chi connectivity index (χ2v) is 15.4. The molecule has 0 rings (SSSR count). The Hall–Kier alpha value is 0.404. The lowest BCUT2D eigenvalue weighted by molar-refractivity contribution is 0.121. The van der Waals surface area contributed by atoms with E-state index in [9.17, 15) is 0 Å². The second-order valence-electron chi connectivity index (χ2n) is 5.11. The van der Waals surface area contributed by atoms with E-state index in [2.05, 4.69) is 26.2 Å². The molecule has 0 aromatic carbocycles. The summed E-state index contributed by atoms with van der Waals surface area (Å²) in [6.07, 6.45) is 1.06. The summed E-state index contributed by atoms with van der Waals surface area (Å²) in [6, 6.07) is 1.24. The average Bonchev–Trinajstić information content (AvgIpc) is 2.27. The van der Waals surface area contributed by atoms with Crippen LogP contribution < -0.4 is 0 Å². The van der Waals surface area contributed by atoms with Crippen LogP contribution in [0.4, 0.5) is 0 Å². The van der Waals surface area contributed by atoms with Gasteiger partial charge in [0.1, 0.15) is 0 Å². The molecule has 0 radical (unpaired) electrons. The summed E-state index contributed by atoms with van der Waals surface area (Å²) < 4.78 is 16.7. The van der Waals surface area contributed by atoms with E-state index in [1.54, 1.807) is 33.1 Å². The molecule has 0 aromatic heterocycles. The highest BCUT2D eigenvalue weighted by Crippen LogP contribution is 2.30. The predicted molar refractivity (Wildman–Crippen MR) is 81.1 cm³/mol. The summed E-state index contributed by atoms with van der Waals surface area (Å²) in [7, 11) is 1.40. The molecule has 1 atom stereocenters. The smallest absolute Gasteiger partial charge is 0.376 e. The highest BCUT2D eigenvalue weighted by Gasteiger charge is 2.47. The molecule has 0 saturated carbocycles. The van der Waals surface area contributed by atoms with Crippen LogP contribution in [0.25, 0.3) is 0 Å². The van der Waals surface area contributed by atoms with Crippen molar-refractivity contribution in [2.75, 3.05) is 21.3 Å². The van der Waals surface area contributed by atoms with Gasteiger partial charge >= 0.3 is 8.80 Å². The van der Waals surface area contributed by atoms with E-state index < -0.39 is 16.9 Å². The maximum absolute atomic E-state index is 5.56. The van der Waals surface area contributed by atoms with E-state index in [1.165, 1.54) is 6.04 Å². The van der Waals surface area contributed by atoms with E-state index >= 15 is 0 Å². The molecular weight excluding hydrogens is 268 g/mol. The van der Waals surface area contributed by atoms with E-state index in [0.717, 1.165) is 6.42 Å². The second kappa shape index (κ2) is 7.75. The van der Waals surface area contributed by atoms with Crippen LogP contribution in [-0.4, -0.2) is 43.1 Å². The Balaban J connectivity index is 4.74. The van der Waals surface area contributed by atoms with Gasteiger partial charge in [0.2, 0.25) is 0 Å². The minimum absolute atomic E-state index is 0.242. The molecule has 0 heterocycles. The monoisotopic (exact) mass is 294 g/mol. The molecule has 0 N–H and O–H groups in total. The number of thioether (sulfide) groups is 1. The molecule has 0 aromatic rings. The van der Waals surface area contributed by atoms with Crippen molar-refractivity contribution in [3.05, 3.63) is 12.0 Å². The Morgan fingerprint density at radius 3 is 1.88 bits per heavy atom. The Kier molecular flexibility index (Phi) is 7.94. The van der Waals surface area contributed by atoms with Gasteiger partial charge in [-0.2, -0.15) is 0 Å². The van der Waals surface area contributed by atoms with Crippen LogP contribution in [-0.2, 0) is 13.3 Å². The zero-order chi connectivity index (χ0) is 13.5. The van der Waals surface area contributed by atoms with Crippen LogP contribution >= 0.6 is 11.8 Å². The maximum atomic E-state index is 5.56. The highest BCUT2D eigenvalue weighted by atomic mass is 32.2. The fourth-order valence-corrected chi connectivity index (χ4v) is 7.40. The van der Waals surface area contributed by atoms with Crippen molar-refractivity contribution < 1.29 is 13.3 Å². The molecule has 0 bridgehead atoms. The molecular formula is C11H26O3SSi2. The molecule has 0 aliphatic heterocycles. The Labute approximate surface area is 112 Å². The van der Waals surface area contributed by atoms with Crippen molar-refractivity contribution in [1.29, 1.82) is 0 Å². The van der Waals surface area contributed by atoms with Gasteiger partial charge in [0.15, 0.2) is 0 Å². The molecule has 0 aliphatic carbocycles. The first-order valence-corrected chi connectivity index (χ1v) is 12.2. The fraction of sp³-hybridized carbons (Fsp3) is 0.818. The van der Waals surface area contributed by atoms with E-state index in [0.29, 0.717) is 0 Å². The first-order valence-electron chi connectivity index (χ1n) is 5.77. The van der Waals surface area contributed by atoms with Gasteiger partial charge in [-0.15, -0.1) is 11.8 Å². The first-order chi connectivity index (χ1) is 7.85. The summed E-state index contributed by atoms with van der Waals surface area (Å²) in [5.74, 6) is 0. The van der Waals surface area contributed by atoms with Gasteiger partial charge in [-0.25, -0.2) is 0 Å². The first kappa shape index (κ1) is 17.4. The minimum atomic E-state index is -2.55. The maximum Gasteiger partial charge on any atom is 0.514 e. The van der Waals surface area contributed by atoms with E-state index in [4.69, 9.17) is 13.3 Å². The molecule has 3 nitrogen and oxygen atoms in total. The van der Waals surface area contributed by atoms with Crippen molar-refractivity contribution in [2.45, 2.75) is 37.0 Å². The normalized spacial score (nSPS) is 14.7. The van der Waals surface area contributed by atoms with Crippen LogP contribution in [0.5, 0.6) is 0 Å². The zero-order valence-electron chi connectivity index (χ0n) is 11.9. The lowest BCUT2D eigenvalue weighted by Gasteiger charge is -2.32. The third-order valence-electron chi connectivity index (χ3n) is 2.66. The Morgan fingerprint density at radius 1 is 1.12 bits per heavy atom. The molecule has 0 spiro atoms. The topological polar surface area (TPSA) is 27.7 Å². The van der Waals surface area contributed by atoms with Crippen LogP contribution in [0, 0.1) is 0 Å². The van der Waals surface area contributed by atoms with Gasteiger partial charge in [0, 0.05) is 29.4 Å². The minimum Gasteiger partial charge on any atom is -0.376 e. The quantitative estimate of drug-likeness (QED) is 0.609. The summed E-state index contributed by atoms with van der Waals surface area (Å²) in [4.78, 5) is 0.242. The van der Waals surface area contributed by atoms with Gasteiger partial charge in [0.05, 0.1) is 4.87 Å². The average molecular weight is 295 g/mol. The SMILES string of the molecule is C=CSC(CC[Si](C)(C)C)[Si](OC)(OC)OC. The molecule has 0 amide bonds. The van der Waals surface area contributed by atoms with Crippen LogP contribution in [0.1, 0.15) is 6.42 Å². The molecule has 17 heavy (non-hydrogen) atoms. The van der Waals surface area contributed by atoms with Crippen molar-refractivity contribution in [3.63, 3.8) is 0 Å². The van der Waals surface area contributed by atoms with Crippen LogP contribution in [0.2, 0.25) is 25.7 Å². The largest absolute Gasteiger partial charge is 0.514 e. The zero-order valence-corrected chi connectivity index (χ0v) is 14.7. The van der Waals surface area contributed by atoms with E-state index in [1.807, 2.05) is 5.41 Å². The molecule has 6 heteroatoms.